The second-order valence-corrected chi connectivity index (χ2v) is 9.29. The zero-order valence-electron chi connectivity index (χ0n) is 16.4. The number of amides is 1. The van der Waals surface area contributed by atoms with E-state index in [4.69, 9.17) is 16.7 Å². The predicted molar refractivity (Wildman–Crippen MR) is 111 cm³/mol. The Morgan fingerprint density at radius 1 is 1.23 bits per heavy atom. The molecule has 3 N–H and O–H groups in total. The molecule has 2 unspecified atom stereocenters. The van der Waals surface area contributed by atoms with Gasteiger partial charge >= 0.3 is 6.18 Å². The Morgan fingerprint density at radius 2 is 1.87 bits per heavy atom. The van der Waals surface area contributed by atoms with Gasteiger partial charge in [0.25, 0.3) is 5.91 Å². The topological polar surface area (TPSA) is 94.2 Å². The Morgan fingerprint density at radius 3 is 2.45 bits per heavy atom. The van der Waals surface area contributed by atoms with E-state index in [0.717, 1.165) is 6.07 Å². The van der Waals surface area contributed by atoms with Crippen LogP contribution in [0, 0.1) is 13.8 Å². The SMILES string of the molecule is Cc1cc(C(=O)NC2=CC(Cl)C(S(N)(=O)=O)C=C2)c(C)n1-c1ccccc1C(F)(F)F. The van der Waals surface area contributed by atoms with Gasteiger partial charge in [-0.05, 0) is 44.2 Å². The zero-order chi connectivity index (χ0) is 23.1. The van der Waals surface area contributed by atoms with Crippen LogP contribution in [0.3, 0.4) is 0 Å². The highest BCUT2D eigenvalue weighted by molar-refractivity contribution is 7.90. The third kappa shape index (κ3) is 4.70. The summed E-state index contributed by atoms with van der Waals surface area (Å²) in [4.78, 5) is 12.8. The number of benzene rings is 1. The zero-order valence-corrected chi connectivity index (χ0v) is 18.0. The average molecular weight is 474 g/mol. The van der Waals surface area contributed by atoms with Gasteiger partial charge in [0, 0.05) is 17.1 Å². The van der Waals surface area contributed by atoms with Gasteiger partial charge in [-0.25, -0.2) is 13.6 Å². The molecule has 166 valence electrons. The van der Waals surface area contributed by atoms with Crippen molar-refractivity contribution in [2.24, 2.45) is 5.14 Å². The summed E-state index contributed by atoms with van der Waals surface area (Å²) in [6.07, 6.45) is -0.586. The van der Waals surface area contributed by atoms with E-state index < -0.39 is 38.3 Å². The van der Waals surface area contributed by atoms with Gasteiger partial charge < -0.3 is 9.88 Å². The molecule has 2 aromatic rings. The van der Waals surface area contributed by atoms with Crippen molar-refractivity contribution >= 4 is 27.5 Å². The first-order valence-corrected chi connectivity index (χ1v) is 11.1. The lowest BCUT2D eigenvalue weighted by Crippen LogP contribution is -2.36. The van der Waals surface area contributed by atoms with Gasteiger partial charge in [-0.1, -0.05) is 18.2 Å². The van der Waals surface area contributed by atoms with Crippen molar-refractivity contribution in [3.8, 4) is 5.69 Å². The molecule has 0 saturated carbocycles. The van der Waals surface area contributed by atoms with Gasteiger partial charge in [0.1, 0.15) is 5.25 Å². The molecule has 0 saturated heterocycles. The molecule has 0 radical (unpaired) electrons. The van der Waals surface area contributed by atoms with Crippen molar-refractivity contribution < 1.29 is 26.4 Å². The van der Waals surface area contributed by atoms with E-state index in [-0.39, 0.29) is 16.9 Å². The van der Waals surface area contributed by atoms with Crippen LogP contribution < -0.4 is 10.5 Å². The first-order valence-electron chi connectivity index (χ1n) is 9.03. The van der Waals surface area contributed by atoms with Crippen molar-refractivity contribution in [2.75, 3.05) is 0 Å². The summed E-state index contributed by atoms with van der Waals surface area (Å²) in [5, 5.41) is 5.60. The number of hydrogen-bond acceptors (Lipinski definition) is 3. The fourth-order valence-corrected chi connectivity index (χ4v) is 4.86. The van der Waals surface area contributed by atoms with Crippen LogP contribution in [-0.4, -0.2) is 29.5 Å². The number of primary sulfonamides is 1. The van der Waals surface area contributed by atoms with Crippen molar-refractivity contribution in [1.82, 2.24) is 9.88 Å². The Kier molecular flexibility index (Phi) is 6.09. The molecule has 1 aromatic carbocycles. The van der Waals surface area contributed by atoms with Gasteiger partial charge in [0.15, 0.2) is 0 Å². The van der Waals surface area contributed by atoms with E-state index in [2.05, 4.69) is 5.32 Å². The maximum absolute atomic E-state index is 13.5. The second-order valence-electron chi connectivity index (χ2n) is 7.07. The van der Waals surface area contributed by atoms with Crippen molar-refractivity contribution in [2.45, 2.75) is 30.7 Å². The molecule has 1 aliphatic carbocycles. The molecule has 0 fully saturated rings. The number of halogens is 4. The normalized spacial score (nSPS) is 19.3. The monoisotopic (exact) mass is 473 g/mol. The molecule has 1 aliphatic rings. The molecule has 2 atom stereocenters. The number of carbonyl (C=O) groups is 1. The number of para-hydroxylation sites is 1. The lowest BCUT2D eigenvalue weighted by Gasteiger charge is -2.20. The number of alkyl halides is 4. The minimum Gasteiger partial charge on any atom is -0.322 e. The number of allylic oxidation sites excluding steroid dienone is 2. The minimum absolute atomic E-state index is 0.0855. The minimum atomic E-state index is -4.56. The summed E-state index contributed by atoms with van der Waals surface area (Å²) < 4.78 is 64.7. The van der Waals surface area contributed by atoms with Crippen LogP contribution in [0.1, 0.15) is 27.3 Å². The lowest BCUT2D eigenvalue weighted by molar-refractivity contribution is -0.137. The molecule has 0 bridgehead atoms. The van der Waals surface area contributed by atoms with Gasteiger partial charge in [-0.15, -0.1) is 11.6 Å². The maximum Gasteiger partial charge on any atom is 0.418 e. The molecule has 0 aliphatic heterocycles. The Bertz CT molecular complexity index is 1200. The fraction of sp³-hybridized carbons (Fsp3) is 0.250. The number of hydrogen-bond donors (Lipinski definition) is 2. The molecule has 0 spiro atoms. The van der Waals surface area contributed by atoms with Gasteiger partial charge in [-0.2, -0.15) is 13.2 Å². The lowest BCUT2D eigenvalue weighted by atomic mass is 10.1. The van der Waals surface area contributed by atoms with Crippen LogP contribution in [0.2, 0.25) is 0 Å². The highest BCUT2D eigenvalue weighted by Crippen LogP contribution is 2.35. The number of aryl methyl sites for hydroxylation is 1. The molecule has 1 aromatic heterocycles. The molecule has 1 heterocycles. The first-order chi connectivity index (χ1) is 14.3. The molecule has 3 rings (SSSR count). The van der Waals surface area contributed by atoms with E-state index in [9.17, 15) is 26.4 Å². The molecule has 1 amide bonds. The summed E-state index contributed by atoms with van der Waals surface area (Å²) in [5.74, 6) is -0.572. The third-order valence-electron chi connectivity index (χ3n) is 4.88. The number of sulfonamides is 1. The average Bonchev–Trinajstić information content (AvgIpc) is 2.94. The van der Waals surface area contributed by atoms with Gasteiger partial charge in [0.05, 0.1) is 22.2 Å². The van der Waals surface area contributed by atoms with E-state index in [1.165, 1.54) is 47.1 Å². The van der Waals surface area contributed by atoms with Crippen molar-refractivity contribution in [1.29, 1.82) is 0 Å². The summed E-state index contributed by atoms with van der Waals surface area (Å²) in [7, 11) is -3.91. The maximum atomic E-state index is 13.5. The largest absolute Gasteiger partial charge is 0.418 e. The summed E-state index contributed by atoms with van der Waals surface area (Å²) in [6, 6.07) is 6.59. The van der Waals surface area contributed by atoms with E-state index >= 15 is 0 Å². The smallest absolute Gasteiger partial charge is 0.322 e. The Hall–Kier alpha value is -2.56. The number of rotatable bonds is 4. The summed E-state index contributed by atoms with van der Waals surface area (Å²) in [5.41, 5.74) is 0.279. The fourth-order valence-electron chi connectivity index (χ4n) is 3.47. The van der Waals surface area contributed by atoms with Crippen molar-refractivity contribution in [3.05, 3.63) is 76.8 Å². The van der Waals surface area contributed by atoms with Crippen LogP contribution in [0.25, 0.3) is 5.69 Å². The summed E-state index contributed by atoms with van der Waals surface area (Å²) in [6.45, 7) is 3.14. The van der Waals surface area contributed by atoms with Crippen LogP contribution in [0.4, 0.5) is 13.2 Å². The van der Waals surface area contributed by atoms with Crippen LogP contribution >= 0.6 is 11.6 Å². The van der Waals surface area contributed by atoms with Crippen LogP contribution in [0.5, 0.6) is 0 Å². The molecule has 11 heteroatoms. The second kappa shape index (κ2) is 8.18. The van der Waals surface area contributed by atoms with Gasteiger partial charge in [-0.3, -0.25) is 4.79 Å². The number of nitrogens with one attached hydrogen (secondary N) is 1. The molecule has 6 nitrogen and oxygen atoms in total. The van der Waals surface area contributed by atoms with E-state index in [1.54, 1.807) is 13.8 Å². The number of aromatic nitrogens is 1. The Balaban J connectivity index is 1.92. The number of nitrogens with two attached hydrogens (primary N) is 1. The van der Waals surface area contributed by atoms with Crippen LogP contribution in [0.15, 0.2) is 54.3 Å². The van der Waals surface area contributed by atoms with E-state index in [0.29, 0.717) is 11.4 Å². The highest BCUT2D eigenvalue weighted by Gasteiger charge is 2.34. The number of nitrogens with zero attached hydrogens (tertiary/aromatic N) is 1. The predicted octanol–water partition coefficient (Wildman–Crippen LogP) is 3.56. The Labute approximate surface area is 182 Å². The number of carbonyl (C=O) groups excluding carboxylic acids is 1. The van der Waals surface area contributed by atoms with Crippen LogP contribution in [-0.2, 0) is 16.2 Å². The summed E-state index contributed by atoms with van der Waals surface area (Å²) >= 11 is 6.04. The standard InChI is InChI=1S/C20H19ClF3N3O3S/c1-11-9-14(12(2)27(11)17-6-4-3-5-15(17)20(22,23)24)19(28)26-13-7-8-18(16(21)10-13)31(25,29)30/h3-10,16,18H,1-2H3,(H,26,28)(H2,25,29,30). The molecule has 31 heavy (non-hydrogen) atoms. The van der Waals surface area contributed by atoms with E-state index in [1.807, 2.05) is 0 Å². The highest BCUT2D eigenvalue weighted by atomic mass is 35.5. The first kappa shape index (κ1) is 23.1. The van der Waals surface area contributed by atoms with Gasteiger partial charge in [0.2, 0.25) is 10.0 Å². The quantitative estimate of drug-likeness (QED) is 0.665. The molecular weight excluding hydrogens is 455 g/mol. The third-order valence-corrected chi connectivity index (χ3v) is 6.64. The molecular formula is C20H19ClF3N3O3S. The van der Waals surface area contributed by atoms with Crippen molar-refractivity contribution in [3.63, 3.8) is 0 Å².